The molecule has 0 aromatic heterocycles. The number of benzene rings is 1. The van der Waals surface area contributed by atoms with E-state index in [1.54, 1.807) is 6.08 Å². The maximum Gasteiger partial charge on any atom is 0.263 e. The predicted octanol–water partition coefficient (Wildman–Crippen LogP) is 2.62. The zero-order valence-electron chi connectivity index (χ0n) is 14.8. The van der Waals surface area contributed by atoms with Gasteiger partial charge in [0, 0.05) is 17.8 Å². The number of nitrogens with zero attached hydrogens (tertiary/aromatic N) is 1. The fourth-order valence-corrected chi connectivity index (χ4v) is 3.73. The van der Waals surface area contributed by atoms with E-state index in [1.807, 2.05) is 18.2 Å². The van der Waals surface area contributed by atoms with E-state index in [2.05, 4.69) is 49.3 Å². The third-order valence-corrected chi connectivity index (χ3v) is 4.78. The van der Waals surface area contributed by atoms with E-state index < -0.39 is 11.8 Å². The van der Waals surface area contributed by atoms with Crippen LogP contribution in [0.5, 0.6) is 0 Å². The van der Waals surface area contributed by atoms with Gasteiger partial charge in [0.25, 0.3) is 11.8 Å². The van der Waals surface area contributed by atoms with Gasteiger partial charge in [0.1, 0.15) is 5.57 Å². The summed E-state index contributed by atoms with van der Waals surface area (Å²) in [5, 5.41) is 4.94. The maximum absolute atomic E-state index is 12.0. The number of likely N-dealkylation sites (N-methyl/N-ethyl adjacent to an activating group) is 1. The second kappa shape index (κ2) is 6.11. The SMILES string of the molecule is CCN1c2ccc(C=C3C(=O)NC(=S)NC3=O)cc2C(C)=CC1(C)C. The zero-order chi connectivity index (χ0) is 18.4. The highest BCUT2D eigenvalue weighted by molar-refractivity contribution is 7.80. The summed E-state index contributed by atoms with van der Waals surface area (Å²) in [6, 6.07) is 5.99. The summed E-state index contributed by atoms with van der Waals surface area (Å²) in [7, 11) is 0. The van der Waals surface area contributed by atoms with Gasteiger partial charge < -0.3 is 4.90 Å². The van der Waals surface area contributed by atoms with Gasteiger partial charge in [-0.25, -0.2) is 0 Å². The number of nitrogens with one attached hydrogen (secondary N) is 2. The van der Waals surface area contributed by atoms with Crippen molar-refractivity contribution in [3.63, 3.8) is 0 Å². The average molecular weight is 355 g/mol. The van der Waals surface area contributed by atoms with E-state index in [1.165, 1.54) is 5.57 Å². The highest BCUT2D eigenvalue weighted by atomic mass is 32.1. The summed E-state index contributed by atoms with van der Waals surface area (Å²) in [5.41, 5.74) is 4.26. The molecular formula is C19H21N3O2S. The number of amides is 2. The summed E-state index contributed by atoms with van der Waals surface area (Å²) in [4.78, 5) is 26.4. The molecule has 0 bridgehead atoms. The Bertz CT molecular complexity index is 830. The highest BCUT2D eigenvalue weighted by Gasteiger charge is 2.30. The number of anilines is 1. The van der Waals surface area contributed by atoms with Crippen LogP contribution in [0.1, 0.15) is 38.8 Å². The fraction of sp³-hybridized carbons (Fsp3) is 0.316. The lowest BCUT2D eigenvalue weighted by Crippen LogP contribution is -2.51. The van der Waals surface area contributed by atoms with Crippen LogP contribution in [0.2, 0.25) is 0 Å². The molecule has 2 heterocycles. The van der Waals surface area contributed by atoms with Crippen molar-refractivity contribution in [2.75, 3.05) is 11.4 Å². The molecule has 1 fully saturated rings. The third kappa shape index (κ3) is 3.09. The molecule has 2 aliphatic rings. The van der Waals surface area contributed by atoms with Gasteiger partial charge in [-0.2, -0.15) is 0 Å². The van der Waals surface area contributed by atoms with Crippen LogP contribution in [0.15, 0.2) is 29.8 Å². The number of thiocarbonyl (C=S) groups is 1. The molecular weight excluding hydrogens is 334 g/mol. The van der Waals surface area contributed by atoms with Gasteiger partial charge in [-0.05, 0) is 69.3 Å². The first-order chi connectivity index (χ1) is 11.7. The quantitative estimate of drug-likeness (QED) is 0.486. The van der Waals surface area contributed by atoms with Gasteiger partial charge in [0.2, 0.25) is 0 Å². The molecule has 25 heavy (non-hydrogen) atoms. The highest BCUT2D eigenvalue weighted by Crippen LogP contribution is 2.39. The van der Waals surface area contributed by atoms with E-state index in [0.717, 1.165) is 23.4 Å². The third-order valence-electron chi connectivity index (χ3n) is 4.57. The molecule has 2 amide bonds. The molecule has 2 aliphatic heterocycles. The summed E-state index contributed by atoms with van der Waals surface area (Å²) in [5.74, 6) is -0.954. The Kier molecular flexibility index (Phi) is 4.24. The summed E-state index contributed by atoms with van der Waals surface area (Å²) < 4.78 is 0. The normalized spacial score (nSPS) is 19.0. The van der Waals surface area contributed by atoms with Gasteiger partial charge >= 0.3 is 0 Å². The minimum Gasteiger partial charge on any atom is -0.363 e. The largest absolute Gasteiger partial charge is 0.363 e. The van der Waals surface area contributed by atoms with Crippen molar-refractivity contribution >= 4 is 46.5 Å². The minimum atomic E-state index is -0.477. The molecule has 6 heteroatoms. The summed E-state index contributed by atoms with van der Waals surface area (Å²) in [6.45, 7) is 9.50. The monoisotopic (exact) mass is 355 g/mol. The minimum absolute atomic E-state index is 0.0391. The number of allylic oxidation sites excluding steroid dienone is 1. The van der Waals surface area contributed by atoms with Gasteiger partial charge in [-0.1, -0.05) is 12.1 Å². The summed E-state index contributed by atoms with van der Waals surface area (Å²) >= 11 is 4.82. The number of rotatable bonds is 2. The molecule has 1 saturated heterocycles. The van der Waals surface area contributed by atoms with Crippen LogP contribution in [0.4, 0.5) is 5.69 Å². The van der Waals surface area contributed by atoms with E-state index in [4.69, 9.17) is 12.2 Å². The zero-order valence-corrected chi connectivity index (χ0v) is 15.6. The van der Waals surface area contributed by atoms with Crippen LogP contribution in [-0.4, -0.2) is 29.0 Å². The van der Waals surface area contributed by atoms with E-state index >= 15 is 0 Å². The van der Waals surface area contributed by atoms with Crippen molar-refractivity contribution in [2.24, 2.45) is 0 Å². The number of carbonyl (C=O) groups excluding carboxylic acids is 2. The Labute approximate surface area is 152 Å². The standard InChI is InChI=1S/C19H21N3O2S/c1-5-22-15-7-6-12(8-13(15)11(2)10-19(22,3)4)9-14-16(23)20-18(25)21-17(14)24/h6-10H,5H2,1-4H3,(H2,20,21,23,24,25). The second-order valence-corrected chi connectivity index (χ2v) is 7.21. The lowest BCUT2D eigenvalue weighted by Gasteiger charge is -2.42. The van der Waals surface area contributed by atoms with Crippen LogP contribution in [-0.2, 0) is 9.59 Å². The number of hydrogen-bond acceptors (Lipinski definition) is 4. The molecule has 2 N–H and O–H groups in total. The van der Waals surface area contributed by atoms with Crippen LogP contribution in [0, 0.1) is 0 Å². The molecule has 0 unspecified atom stereocenters. The molecule has 0 radical (unpaired) electrons. The lowest BCUT2D eigenvalue weighted by molar-refractivity contribution is -0.123. The Balaban J connectivity index is 2.04. The molecule has 3 rings (SSSR count). The average Bonchev–Trinajstić information content (AvgIpc) is 2.50. The Morgan fingerprint density at radius 3 is 2.44 bits per heavy atom. The smallest absolute Gasteiger partial charge is 0.263 e. The molecule has 1 aromatic carbocycles. The molecule has 1 aromatic rings. The first-order valence-electron chi connectivity index (χ1n) is 8.23. The molecule has 0 saturated carbocycles. The van der Waals surface area contributed by atoms with Crippen molar-refractivity contribution in [2.45, 2.75) is 33.2 Å². The Morgan fingerprint density at radius 2 is 1.84 bits per heavy atom. The van der Waals surface area contributed by atoms with Gasteiger partial charge in [-0.3, -0.25) is 20.2 Å². The lowest BCUT2D eigenvalue weighted by atomic mass is 9.88. The van der Waals surface area contributed by atoms with Crippen LogP contribution >= 0.6 is 12.2 Å². The molecule has 0 spiro atoms. The maximum atomic E-state index is 12.0. The van der Waals surface area contributed by atoms with E-state index in [0.29, 0.717) is 0 Å². The van der Waals surface area contributed by atoms with Crippen LogP contribution in [0.25, 0.3) is 11.6 Å². The topological polar surface area (TPSA) is 61.4 Å². The van der Waals surface area contributed by atoms with Gasteiger partial charge in [-0.15, -0.1) is 0 Å². The fourth-order valence-electron chi connectivity index (χ4n) is 3.54. The number of fused-ring (bicyclic) bond motifs is 1. The molecule has 130 valence electrons. The second-order valence-electron chi connectivity index (χ2n) is 6.80. The molecule has 0 aliphatic carbocycles. The van der Waals surface area contributed by atoms with Gasteiger partial charge in [0.05, 0.1) is 5.54 Å². The molecule has 5 nitrogen and oxygen atoms in total. The van der Waals surface area contributed by atoms with Crippen molar-refractivity contribution in [3.05, 3.63) is 41.0 Å². The predicted molar refractivity (Wildman–Crippen MR) is 104 cm³/mol. The first kappa shape index (κ1) is 17.4. The van der Waals surface area contributed by atoms with Crippen LogP contribution < -0.4 is 15.5 Å². The molecule has 0 atom stereocenters. The van der Waals surface area contributed by atoms with Crippen molar-refractivity contribution in [1.29, 1.82) is 0 Å². The van der Waals surface area contributed by atoms with E-state index in [-0.39, 0.29) is 16.2 Å². The van der Waals surface area contributed by atoms with Gasteiger partial charge in [0.15, 0.2) is 5.11 Å². The number of carbonyl (C=O) groups is 2. The van der Waals surface area contributed by atoms with Crippen molar-refractivity contribution in [1.82, 2.24) is 10.6 Å². The Hall–Kier alpha value is -2.47. The van der Waals surface area contributed by atoms with Crippen LogP contribution in [0.3, 0.4) is 0 Å². The summed E-state index contributed by atoms with van der Waals surface area (Å²) in [6.07, 6.45) is 3.84. The van der Waals surface area contributed by atoms with Crippen molar-refractivity contribution < 1.29 is 9.59 Å². The Morgan fingerprint density at radius 1 is 1.20 bits per heavy atom. The number of hydrogen-bond donors (Lipinski definition) is 2. The van der Waals surface area contributed by atoms with E-state index in [9.17, 15) is 9.59 Å². The first-order valence-corrected chi connectivity index (χ1v) is 8.63. The van der Waals surface area contributed by atoms with Crippen molar-refractivity contribution in [3.8, 4) is 0 Å².